The van der Waals surface area contributed by atoms with Gasteiger partial charge in [-0.1, -0.05) is 12.7 Å². The molecule has 1 aliphatic rings. The molecular weight excluding hydrogens is 154 g/mol. The van der Waals surface area contributed by atoms with Crippen LogP contribution in [0.25, 0.3) is 0 Å². The van der Waals surface area contributed by atoms with Gasteiger partial charge in [0.1, 0.15) is 0 Å². The van der Waals surface area contributed by atoms with Gasteiger partial charge in [0.15, 0.2) is 0 Å². The van der Waals surface area contributed by atoms with Gasteiger partial charge in [-0.2, -0.15) is 0 Å². The van der Waals surface area contributed by atoms with E-state index in [4.69, 9.17) is 4.74 Å². The minimum Gasteiger partial charge on any atom is -0.380 e. The lowest BCUT2D eigenvalue weighted by atomic mass is 10.3. The van der Waals surface area contributed by atoms with E-state index in [-0.39, 0.29) is 5.91 Å². The van der Waals surface area contributed by atoms with E-state index in [0.717, 1.165) is 5.57 Å². The van der Waals surface area contributed by atoms with E-state index in [1.54, 1.807) is 12.0 Å². The lowest BCUT2D eigenvalue weighted by Crippen LogP contribution is -2.27. The quantitative estimate of drug-likeness (QED) is 0.454. The summed E-state index contributed by atoms with van der Waals surface area (Å²) >= 11 is 0. The predicted molar refractivity (Wildman–Crippen MR) is 46.7 cm³/mol. The average molecular weight is 167 g/mol. The monoisotopic (exact) mass is 167 g/mol. The largest absolute Gasteiger partial charge is 0.380 e. The van der Waals surface area contributed by atoms with Crippen LogP contribution in [0.15, 0.2) is 24.3 Å². The van der Waals surface area contributed by atoms with Crippen LogP contribution >= 0.6 is 0 Å². The molecule has 1 rings (SSSR count). The van der Waals surface area contributed by atoms with Gasteiger partial charge in [-0.25, -0.2) is 0 Å². The van der Waals surface area contributed by atoms with Gasteiger partial charge in [-0.05, 0) is 11.6 Å². The number of amides is 1. The van der Waals surface area contributed by atoms with Gasteiger partial charge in [0, 0.05) is 20.2 Å². The Morgan fingerprint density at radius 1 is 1.92 bits per heavy atom. The first-order valence-electron chi connectivity index (χ1n) is 3.86. The van der Waals surface area contributed by atoms with Gasteiger partial charge in [0.2, 0.25) is 5.91 Å². The maximum Gasteiger partial charge on any atom is 0.246 e. The highest BCUT2D eigenvalue weighted by Crippen LogP contribution is 2.09. The molecule has 1 amide bonds. The molecule has 0 aliphatic carbocycles. The van der Waals surface area contributed by atoms with Crippen molar-refractivity contribution >= 4 is 5.91 Å². The predicted octanol–water partition coefficient (Wildman–Crippen LogP) is 0.587. The van der Waals surface area contributed by atoms with Crippen molar-refractivity contribution in [1.82, 2.24) is 4.90 Å². The van der Waals surface area contributed by atoms with Crippen molar-refractivity contribution in [3.8, 4) is 0 Å². The molecule has 0 fully saturated rings. The van der Waals surface area contributed by atoms with E-state index in [9.17, 15) is 4.79 Å². The normalized spacial score (nSPS) is 16.1. The number of nitrogens with zero attached hydrogens (tertiary/aromatic N) is 1. The number of ether oxygens (including phenoxy) is 1. The second-order valence-corrected chi connectivity index (χ2v) is 2.72. The number of carbonyl (C=O) groups is 1. The molecule has 0 atom stereocenters. The summed E-state index contributed by atoms with van der Waals surface area (Å²) in [5, 5.41) is 0. The van der Waals surface area contributed by atoms with Gasteiger partial charge >= 0.3 is 0 Å². The lowest BCUT2D eigenvalue weighted by molar-refractivity contribution is -0.124. The minimum atomic E-state index is -0.0163. The van der Waals surface area contributed by atoms with Gasteiger partial charge in [-0.3, -0.25) is 4.79 Å². The molecule has 0 spiro atoms. The van der Waals surface area contributed by atoms with Crippen LogP contribution in [0.1, 0.15) is 0 Å². The van der Waals surface area contributed by atoms with E-state index in [2.05, 4.69) is 6.58 Å². The van der Waals surface area contributed by atoms with E-state index in [1.165, 1.54) is 6.08 Å². The van der Waals surface area contributed by atoms with Crippen molar-refractivity contribution in [2.75, 3.05) is 26.8 Å². The second-order valence-electron chi connectivity index (χ2n) is 2.72. The Morgan fingerprint density at radius 2 is 2.67 bits per heavy atom. The Hall–Kier alpha value is -1.09. The fraction of sp³-hybridized carbons (Fsp3) is 0.444. The Kier molecular flexibility index (Phi) is 3.05. The Bertz CT molecular complexity index is 221. The molecule has 0 unspecified atom stereocenters. The molecule has 0 aromatic heterocycles. The van der Waals surface area contributed by atoms with Crippen molar-refractivity contribution in [3.05, 3.63) is 24.3 Å². The first-order chi connectivity index (χ1) is 5.77. The fourth-order valence-electron chi connectivity index (χ4n) is 1.20. The minimum absolute atomic E-state index is 0.0163. The van der Waals surface area contributed by atoms with Crippen LogP contribution in [0, 0.1) is 0 Å². The van der Waals surface area contributed by atoms with Crippen molar-refractivity contribution in [2.45, 2.75) is 0 Å². The summed E-state index contributed by atoms with van der Waals surface area (Å²) in [6, 6.07) is 0. The highest BCUT2D eigenvalue weighted by atomic mass is 16.5. The molecule has 0 bridgehead atoms. The van der Waals surface area contributed by atoms with E-state index in [1.807, 2.05) is 6.08 Å². The summed E-state index contributed by atoms with van der Waals surface area (Å²) in [4.78, 5) is 12.8. The summed E-state index contributed by atoms with van der Waals surface area (Å²) in [7, 11) is 1.65. The van der Waals surface area contributed by atoms with Crippen LogP contribution in [-0.2, 0) is 9.53 Å². The van der Waals surface area contributed by atoms with Gasteiger partial charge in [0.05, 0.1) is 6.61 Å². The van der Waals surface area contributed by atoms with Crippen molar-refractivity contribution < 1.29 is 9.53 Å². The molecule has 3 nitrogen and oxygen atoms in total. The molecule has 1 aliphatic heterocycles. The van der Waals surface area contributed by atoms with Crippen molar-refractivity contribution in [3.63, 3.8) is 0 Å². The second kappa shape index (κ2) is 4.07. The number of carbonyl (C=O) groups excluding carboxylic acids is 1. The maximum absolute atomic E-state index is 11.1. The summed E-state index contributed by atoms with van der Waals surface area (Å²) in [6.45, 7) is 5.41. The topological polar surface area (TPSA) is 29.5 Å². The van der Waals surface area contributed by atoms with Gasteiger partial charge in [-0.15, -0.1) is 0 Å². The standard InChI is InChI=1S/C9H13NO2/c1-3-9(11)10-5-4-8(6-10)7-12-2/h3-4H,1,5-7H2,2H3. The molecule has 0 aromatic carbocycles. The third-order valence-corrected chi connectivity index (χ3v) is 1.81. The molecule has 0 saturated heterocycles. The third kappa shape index (κ3) is 1.95. The molecule has 0 saturated carbocycles. The van der Waals surface area contributed by atoms with E-state index >= 15 is 0 Å². The molecule has 66 valence electrons. The van der Waals surface area contributed by atoms with E-state index in [0.29, 0.717) is 19.7 Å². The van der Waals surface area contributed by atoms with Crippen molar-refractivity contribution in [2.24, 2.45) is 0 Å². The van der Waals surface area contributed by atoms with Crippen LogP contribution in [0.5, 0.6) is 0 Å². The number of hydrogen-bond acceptors (Lipinski definition) is 2. The average Bonchev–Trinajstić information content (AvgIpc) is 2.52. The van der Waals surface area contributed by atoms with Gasteiger partial charge in [0.25, 0.3) is 0 Å². The molecular formula is C9H13NO2. The summed E-state index contributed by atoms with van der Waals surface area (Å²) in [5.74, 6) is -0.0163. The number of methoxy groups -OCH3 is 1. The summed E-state index contributed by atoms with van der Waals surface area (Å²) in [5.41, 5.74) is 1.16. The SMILES string of the molecule is C=CC(=O)N1CC=C(COC)C1. The third-order valence-electron chi connectivity index (χ3n) is 1.81. The van der Waals surface area contributed by atoms with Crippen LogP contribution in [0.2, 0.25) is 0 Å². The van der Waals surface area contributed by atoms with Crippen LogP contribution in [-0.4, -0.2) is 37.6 Å². The Labute approximate surface area is 72.3 Å². The first kappa shape index (κ1) is 9.00. The summed E-state index contributed by atoms with van der Waals surface area (Å²) in [6.07, 6.45) is 3.36. The van der Waals surface area contributed by atoms with Gasteiger partial charge < -0.3 is 9.64 Å². The fourth-order valence-corrected chi connectivity index (χ4v) is 1.20. The zero-order valence-corrected chi connectivity index (χ0v) is 7.25. The first-order valence-corrected chi connectivity index (χ1v) is 3.86. The Morgan fingerprint density at radius 3 is 3.25 bits per heavy atom. The highest BCUT2D eigenvalue weighted by Gasteiger charge is 2.16. The molecule has 3 heteroatoms. The van der Waals surface area contributed by atoms with Crippen LogP contribution in [0.4, 0.5) is 0 Å². The van der Waals surface area contributed by atoms with E-state index < -0.39 is 0 Å². The number of hydrogen-bond donors (Lipinski definition) is 0. The Balaban J connectivity index is 2.41. The molecule has 1 heterocycles. The highest BCUT2D eigenvalue weighted by molar-refractivity contribution is 5.87. The van der Waals surface area contributed by atoms with Crippen LogP contribution < -0.4 is 0 Å². The molecule has 0 aromatic rings. The van der Waals surface area contributed by atoms with Crippen LogP contribution in [0.3, 0.4) is 0 Å². The zero-order chi connectivity index (χ0) is 8.97. The molecule has 0 N–H and O–H groups in total. The summed E-state index contributed by atoms with van der Waals surface area (Å²) < 4.78 is 4.96. The number of rotatable bonds is 3. The zero-order valence-electron chi connectivity index (χ0n) is 7.25. The lowest BCUT2D eigenvalue weighted by Gasteiger charge is -2.13. The van der Waals surface area contributed by atoms with Crippen molar-refractivity contribution in [1.29, 1.82) is 0 Å². The molecule has 0 radical (unpaired) electrons. The molecule has 12 heavy (non-hydrogen) atoms. The smallest absolute Gasteiger partial charge is 0.246 e. The maximum atomic E-state index is 11.1.